The monoisotopic (exact) mass is 311 g/mol. The number of carbonyl (C=O) groups excluding carboxylic acids is 1. The summed E-state index contributed by atoms with van der Waals surface area (Å²) in [7, 11) is 0. The van der Waals surface area contributed by atoms with Gasteiger partial charge in [-0.05, 0) is 37.1 Å². The maximum atomic E-state index is 11.8. The van der Waals surface area contributed by atoms with E-state index in [9.17, 15) is 4.79 Å². The molecule has 1 N–H and O–H groups in total. The molecule has 0 spiro atoms. The standard InChI is InChI=1S/C18H21N3O2/c1-2-12-21-15-8-4-3-7-14(15)20-17(21)10-5-11-19-18(22)16-9-6-13-23-16/h3-4,6-9,13H,2,5,10-12H2,1H3,(H,19,22). The average Bonchev–Trinajstić information content (AvgIpc) is 3.20. The number of para-hydroxylation sites is 2. The highest BCUT2D eigenvalue weighted by Gasteiger charge is 2.10. The van der Waals surface area contributed by atoms with Crippen molar-refractivity contribution >= 4 is 16.9 Å². The Balaban J connectivity index is 1.60. The van der Waals surface area contributed by atoms with Crippen LogP contribution in [0.25, 0.3) is 11.0 Å². The number of aryl methyl sites for hydroxylation is 2. The molecule has 0 saturated carbocycles. The largest absolute Gasteiger partial charge is 0.459 e. The van der Waals surface area contributed by atoms with Crippen molar-refractivity contribution in [3.63, 3.8) is 0 Å². The van der Waals surface area contributed by atoms with Gasteiger partial charge in [-0.15, -0.1) is 0 Å². The lowest BCUT2D eigenvalue weighted by molar-refractivity contribution is 0.0925. The molecule has 0 aliphatic rings. The highest BCUT2D eigenvalue weighted by atomic mass is 16.3. The molecule has 0 aliphatic heterocycles. The quantitative estimate of drug-likeness (QED) is 0.680. The Morgan fingerprint density at radius 1 is 1.26 bits per heavy atom. The summed E-state index contributed by atoms with van der Waals surface area (Å²) in [6.45, 7) is 3.74. The molecule has 3 rings (SSSR count). The third-order valence-electron chi connectivity index (χ3n) is 3.79. The van der Waals surface area contributed by atoms with Gasteiger partial charge in [0.15, 0.2) is 5.76 Å². The second-order valence-electron chi connectivity index (χ2n) is 5.51. The lowest BCUT2D eigenvalue weighted by Gasteiger charge is -2.08. The molecule has 120 valence electrons. The molecule has 5 heteroatoms. The lowest BCUT2D eigenvalue weighted by atomic mass is 10.2. The molecule has 0 unspecified atom stereocenters. The zero-order chi connectivity index (χ0) is 16.1. The molecule has 0 saturated heterocycles. The number of benzene rings is 1. The van der Waals surface area contributed by atoms with Crippen LogP contribution in [-0.4, -0.2) is 22.0 Å². The molecule has 3 aromatic rings. The topological polar surface area (TPSA) is 60.1 Å². The normalized spacial score (nSPS) is 11.0. The van der Waals surface area contributed by atoms with Crippen LogP contribution in [0.3, 0.4) is 0 Å². The zero-order valence-corrected chi connectivity index (χ0v) is 13.3. The Hall–Kier alpha value is -2.56. The van der Waals surface area contributed by atoms with Crippen molar-refractivity contribution in [2.75, 3.05) is 6.54 Å². The van der Waals surface area contributed by atoms with Crippen LogP contribution >= 0.6 is 0 Å². The molecule has 5 nitrogen and oxygen atoms in total. The third-order valence-corrected chi connectivity index (χ3v) is 3.79. The van der Waals surface area contributed by atoms with Gasteiger partial charge in [-0.25, -0.2) is 4.98 Å². The van der Waals surface area contributed by atoms with Gasteiger partial charge in [0.05, 0.1) is 17.3 Å². The fourth-order valence-electron chi connectivity index (χ4n) is 2.73. The van der Waals surface area contributed by atoms with Gasteiger partial charge in [-0.1, -0.05) is 19.1 Å². The number of imidazole rings is 1. The predicted octanol–water partition coefficient (Wildman–Crippen LogP) is 3.40. The van der Waals surface area contributed by atoms with Gasteiger partial charge in [-0.3, -0.25) is 4.79 Å². The van der Waals surface area contributed by atoms with Gasteiger partial charge in [0, 0.05) is 19.5 Å². The number of rotatable bonds is 7. The van der Waals surface area contributed by atoms with E-state index in [1.54, 1.807) is 12.1 Å². The SMILES string of the molecule is CCCn1c(CCCNC(=O)c2ccco2)nc2ccccc21. The third kappa shape index (κ3) is 3.44. The Labute approximate surface area is 135 Å². The number of furan rings is 1. The highest BCUT2D eigenvalue weighted by Crippen LogP contribution is 2.17. The molecule has 2 heterocycles. The van der Waals surface area contributed by atoms with Crippen LogP contribution in [0.15, 0.2) is 47.1 Å². The number of fused-ring (bicyclic) bond motifs is 1. The number of carbonyl (C=O) groups is 1. The van der Waals surface area contributed by atoms with E-state index in [1.165, 1.54) is 11.8 Å². The van der Waals surface area contributed by atoms with E-state index < -0.39 is 0 Å². The molecule has 1 aromatic carbocycles. The van der Waals surface area contributed by atoms with E-state index >= 15 is 0 Å². The van der Waals surface area contributed by atoms with E-state index in [4.69, 9.17) is 9.40 Å². The van der Waals surface area contributed by atoms with Crippen molar-refractivity contribution in [1.82, 2.24) is 14.9 Å². The molecule has 1 amide bonds. The number of nitrogens with zero attached hydrogens (tertiary/aromatic N) is 2. The van der Waals surface area contributed by atoms with E-state index in [-0.39, 0.29) is 5.91 Å². The minimum absolute atomic E-state index is 0.169. The van der Waals surface area contributed by atoms with Crippen LogP contribution in [0.1, 0.15) is 36.1 Å². The zero-order valence-electron chi connectivity index (χ0n) is 13.3. The summed E-state index contributed by atoms with van der Waals surface area (Å²) in [5, 5.41) is 2.87. The Bertz CT molecular complexity index is 775. The van der Waals surface area contributed by atoms with Crippen molar-refractivity contribution in [2.24, 2.45) is 0 Å². The van der Waals surface area contributed by atoms with Gasteiger partial charge in [-0.2, -0.15) is 0 Å². The van der Waals surface area contributed by atoms with Gasteiger partial charge in [0.2, 0.25) is 0 Å². The van der Waals surface area contributed by atoms with E-state index in [0.29, 0.717) is 12.3 Å². The van der Waals surface area contributed by atoms with E-state index in [2.05, 4.69) is 22.9 Å². The van der Waals surface area contributed by atoms with Crippen LogP contribution < -0.4 is 5.32 Å². The predicted molar refractivity (Wildman–Crippen MR) is 89.4 cm³/mol. The van der Waals surface area contributed by atoms with Crippen LogP contribution in [-0.2, 0) is 13.0 Å². The summed E-state index contributed by atoms with van der Waals surface area (Å²) in [6.07, 6.45) is 4.26. The van der Waals surface area contributed by atoms with E-state index in [1.807, 2.05) is 18.2 Å². The summed E-state index contributed by atoms with van der Waals surface area (Å²) in [6, 6.07) is 11.6. The molecule has 0 fully saturated rings. The summed E-state index contributed by atoms with van der Waals surface area (Å²) >= 11 is 0. The maximum absolute atomic E-state index is 11.8. The number of hydrogen-bond donors (Lipinski definition) is 1. The summed E-state index contributed by atoms with van der Waals surface area (Å²) in [5.41, 5.74) is 2.22. The smallest absolute Gasteiger partial charge is 0.286 e. The molecule has 0 radical (unpaired) electrons. The maximum Gasteiger partial charge on any atom is 0.286 e. The van der Waals surface area contributed by atoms with E-state index in [0.717, 1.165) is 37.1 Å². The Kier molecular flexibility index (Phi) is 4.76. The number of aromatic nitrogens is 2. The van der Waals surface area contributed by atoms with Gasteiger partial charge in [0.25, 0.3) is 5.91 Å². The van der Waals surface area contributed by atoms with Gasteiger partial charge < -0.3 is 14.3 Å². The van der Waals surface area contributed by atoms with Gasteiger partial charge in [0.1, 0.15) is 5.82 Å². The minimum atomic E-state index is -0.169. The summed E-state index contributed by atoms with van der Waals surface area (Å²) in [4.78, 5) is 16.5. The average molecular weight is 311 g/mol. The first kappa shape index (κ1) is 15.3. The number of nitrogens with one attached hydrogen (secondary N) is 1. The van der Waals surface area contributed by atoms with Crippen LogP contribution in [0.5, 0.6) is 0 Å². The minimum Gasteiger partial charge on any atom is -0.459 e. The van der Waals surface area contributed by atoms with Crippen LogP contribution in [0.2, 0.25) is 0 Å². The Morgan fingerprint density at radius 2 is 2.13 bits per heavy atom. The summed E-state index contributed by atoms with van der Waals surface area (Å²) in [5.74, 6) is 1.26. The molecule has 23 heavy (non-hydrogen) atoms. The molecular weight excluding hydrogens is 290 g/mol. The van der Waals surface area contributed by atoms with Crippen molar-refractivity contribution in [2.45, 2.75) is 32.7 Å². The first-order valence-electron chi connectivity index (χ1n) is 8.05. The summed E-state index contributed by atoms with van der Waals surface area (Å²) < 4.78 is 7.35. The molecule has 2 aromatic heterocycles. The Morgan fingerprint density at radius 3 is 2.91 bits per heavy atom. The second-order valence-corrected chi connectivity index (χ2v) is 5.51. The first-order valence-corrected chi connectivity index (χ1v) is 8.05. The van der Waals surface area contributed by atoms with Crippen molar-refractivity contribution in [1.29, 1.82) is 0 Å². The molecule has 0 aliphatic carbocycles. The van der Waals surface area contributed by atoms with Crippen LogP contribution in [0, 0.1) is 0 Å². The first-order chi connectivity index (χ1) is 11.3. The van der Waals surface area contributed by atoms with Crippen LogP contribution in [0.4, 0.5) is 0 Å². The van der Waals surface area contributed by atoms with Crippen molar-refractivity contribution < 1.29 is 9.21 Å². The number of amides is 1. The second kappa shape index (κ2) is 7.13. The molecule has 0 bridgehead atoms. The fraction of sp³-hybridized carbons (Fsp3) is 0.333. The lowest BCUT2D eigenvalue weighted by Crippen LogP contribution is -2.24. The molecule has 0 atom stereocenters. The van der Waals surface area contributed by atoms with Gasteiger partial charge >= 0.3 is 0 Å². The fourth-order valence-corrected chi connectivity index (χ4v) is 2.73. The van der Waals surface area contributed by atoms with Crippen molar-refractivity contribution in [3.8, 4) is 0 Å². The highest BCUT2D eigenvalue weighted by molar-refractivity contribution is 5.91. The molecular formula is C18H21N3O2. The van der Waals surface area contributed by atoms with Crippen molar-refractivity contribution in [3.05, 3.63) is 54.2 Å². The number of hydrogen-bond acceptors (Lipinski definition) is 3.